The molecule has 114 valence electrons. The number of esters is 2. The number of ether oxygens (including phenoxy) is 2. The quantitative estimate of drug-likeness (QED) is 0.517. The molecule has 5 nitrogen and oxygen atoms in total. The van der Waals surface area contributed by atoms with Crippen molar-refractivity contribution in [3.05, 3.63) is 0 Å². The second-order valence-corrected chi connectivity index (χ2v) is 4.09. The molecule has 0 aliphatic carbocycles. The van der Waals surface area contributed by atoms with Crippen LogP contribution >= 0.6 is 0 Å². The predicted octanol–water partition coefficient (Wildman–Crippen LogP) is 2.45. The zero-order chi connectivity index (χ0) is 14.9. The standard InChI is InChI=1S/C8H16O3.C6H12O2/c1-2-7-11-8(10)5-3-4-6-9;1-3-4-5-8-6(2)7/h9H,2-7H2,1H3;3-5H2,1-2H3. The Morgan fingerprint density at radius 3 is 2.11 bits per heavy atom. The molecular formula is C14H28O5. The predicted molar refractivity (Wildman–Crippen MR) is 73.7 cm³/mol. The van der Waals surface area contributed by atoms with Crippen LogP contribution in [0.3, 0.4) is 0 Å². The van der Waals surface area contributed by atoms with Crippen LogP contribution in [0, 0.1) is 0 Å². The molecule has 0 bridgehead atoms. The summed E-state index contributed by atoms with van der Waals surface area (Å²) in [5.74, 6) is -0.334. The van der Waals surface area contributed by atoms with E-state index in [9.17, 15) is 9.59 Å². The number of hydrogen-bond donors (Lipinski definition) is 1. The van der Waals surface area contributed by atoms with Gasteiger partial charge in [-0.05, 0) is 25.7 Å². The summed E-state index contributed by atoms with van der Waals surface area (Å²) in [5.41, 5.74) is 0. The summed E-state index contributed by atoms with van der Waals surface area (Å²) in [5, 5.41) is 8.40. The Kier molecular flexibility index (Phi) is 18.0. The van der Waals surface area contributed by atoms with Crippen molar-refractivity contribution in [1.82, 2.24) is 0 Å². The topological polar surface area (TPSA) is 72.8 Å². The highest BCUT2D eigenvalue weighted by Gasteiger charge is 1.99. The van der Waals surface area contributed by atoms with Gasteiger partial charge in [0.05, 0.1) is 13.2 Å². The Bertz CT molecular complexity index is 216. The summed E-state index contributed by atoms with van der Waals surface area (Å²) in [6.45, 7) is 6.69. The van der Waals surface area contributed by atoms with Gasteiger partial charge in [0.1, 0.15) is 0 Å². The third-order valence-electron chi connectivity index (χ3n) is 2.06. The largest absolute Gasteiger partial charge is 0.466 e. The van der Waals surface area contributed by atoms with Crippen LogP contribution in [0.15, 0.2) is 0 Å². The molecule has 5 heteroatoms. The van der Waals surface area contributed by atoms with Crippen LogP contribution in [0.1, 0.15) is 59.3 Å². The van der Waals surface area contributed by atoms with E-state index in [1.54, 1.807) is 0 Å². The molecule has 0 heterocycles. The molecule has 0 unspecified atom stereocenters. The summed E-state index contributed by atoms with van der Waals surface area (Å²) in [6.07, 6.45) is 4.75. The number of unbranched alkanes of at least 4 members (excludes halogenated alkanes) is 2. The van der Waals surface area contributed by atoms with Crippen LogP contribution in [0.25, 0.3) is 0 Å². The lowest BCUT2D eigenvalue weighted by Crippen LogP contribution is -2.04. The maximum atomic E-state index is 10.8. The van der Waals surface area contributed by atoms with Gasteiger partial charge in [-0.3, -0.25) is 9.59 Å². The van der Waals surface area contributed by atoms with Crippen molar-refractivity contribution in [3.63, 3.8) is 0 Å². The molecule has 0 aliphatic heterocycles. The van der Waals surface area contributed by atoms with E-state index in [2.05, 4.69) is 11.7 Å². The molecule has 19 heavy (non-hydrogen) atoms. The molecule has 0 aromatic rings. The zero-order valence-corrected chi connectivity index (χ0v) is 12.4. The van der Waals surface area contributed by atoms with Crippen LogP contribution in [-0.4, -0.2) is 36.9 Å². The van der Waals surface area contributed by atoms with E-state index >= 15 is 0 Å². The second-order valence-electron chi connectivity index (χ2n) is 4.09. The summed E-state index contributed by atoms with van der Waals surface area (Å²) in [6, 6.07) is 0. The summed E-state index contributed by atoms with van der Waals surface area (Å²) in [4.78, 5) is 20.9. The SMILES string of the molecule is CCCCOC(C)=O.CCCOC(=O)CCCCO. The highest BCUT2D eigenvalue weighted by molar-refractivity contribution is 5.69. The van der Waals surface area contributed by atoms with Gasteiger partial charge >= 0.3 is 11.9 Å². The van der Waals surface area contributed by atoms with E-state index in [4.69, 9.17) is 9.84 Å². The van der Waals surface area contributed by atoms with Crippen molar-refractivity contribution in [2.45, 2.75) is 59.3 Å². The van der Waals surface area contributed by atoms with Gasteiger partial charge in [0.25, 0.3) is 0 Å². The number of aliphatic hydroxyl groups is 1. The van der Waals surface area contributed by atoms with Crippen molar-refractivity contribution >= 4 is 11.9 Å². The van der Waals surface area contributed by atoms with Gasteiger partial charge in [0.2, 0.25) is 0 Å². The third-order valence-corrected chi connectivity index (χ3v) is 2.06. The lowest BCUT2D eigenvalue weighted by Gasteiger charge is -2.01. The smallest absolute Gasteiger partial charge is 0.305 e. The minimum Gasteiger partial charge on any atom is -0.466 e. The molecular weight excluding hydrogens is 248 g/mol. The van der Waals surface area contributed by atoms with Gasteiger partial charge in [-0.1, -0.05) is 20.3 Å². The highest BCUT2D eigenvalue weighted by atomic mass is 16.5. The number of carbonyl (C=O) groups excluding carboxylic acids is 2. The van der Waals surface area contributed by atoms with Crippen LogP contribution in [0.4, 0.5) is 0 Å². The fourth-order valence-corrected chi connectivity index (χ4v) is 1.03. The maximum Gasteiger partial charge on any atom is 0.305 e. The molecule has 0 fully saturated rings. The minimum absolute atomic E-state index is 0.152. The summed E-state index contributed by atoms with van der Waals surface area (Å²) in [7, 11) is 0. The number of carbonyl (C=O) groups is 2. The van der Waals surface area contributed by atoms with E-state index in [-0.39, 0.29) is 18.5 Å². The molecule has 0 saturated heterocycles. The van der Waals surface area contributed by atoms with Crippen molar-refractivity contribution in [2.24, 2.45) is 0 Å². The monoisotopic (exact) mass is 276 g/mol. The average Bonchev–Trinajstić information content (AvgIpc) is 2.37. The Morgan fingerprint density at radius 2 is 1.63 bits per heavy atom. The van der Waals surface area contributed by atoms with Crippen LogP contribution in [0.2, 0.25) is 0 Å². The molecule has 0 aromatic carbocycles. The van der Waals surface area contributed by atoms with Crippen molar-refractivity contribution in [1.29, 1.82) is 0 Å². The van der Waals surface area contributed by atoms with Crippen molar-refractivity contribution < 1.29 is 24.2 Å². The third kappa shape index (κ3) is 22.5. The van der Waals surface area contributed by atoms with Crippen molar-refractivity contribution in [3.8, 4) is 0 Å². The Hall–Kier alpha value is -1.10. The highest BCUT2D eigenvalue weighted by Crippen LogP contribution is 1.96. The first-order valence-corrected chi connectivity index (χ1v) is 6.98. The van der Waals surface area contributed by atoms with Crippen LogP contribution < -0.4 is 0 Å². The van der Waals surface area contributed by atoms with Gasteiger partial charge in [-0.25, -0.2) is 0 Å². The molecule has 0 spiro atoms. The fraction of sp³-hybridized carbons (Fsp3) is 0.857. The van der Waals surface area contributed by atoms with E-state index in [1.807, 2.05) is 6.92 Å². The van der Waals surface area contributed by atoms with Gasteiger partial charge in [0.15, 0.2) is 0 Å². The van der Waals surface area contributed by atoms with E-state index < -0.39 is 0 Å². The molecule has 0 rings (SSSR count). The molecule has 0 radical (unpaired) electrons. The number of rotatable bonds is 9. The first-order chi connectivity index (χ1) is 9.08. The van der Waals surface area contributed by atoms with E-state index in [1.165, 1.54) is 6.92 Å². The Morgan fingerprint density at radius 1 is 0.947 bits per heavy atom. The maximum absolute atomic E-state index is 10.8. The van der Waals surface area contributed by atoms with Crippen molar-refractivity contribution in [2.75, 3.05) is 19.8 Å². The molecule has 0 amide bonds. The lowest BCUT2D eigenvalue weighted by atomic mass is 10.2. The average molecular weight is 276 g/mol. The van der Waals surface area contributed by atoms with Gasteiger partial charge < -0.3 is 14.6 Å². The Balaban J connectivity index is 0. The fourth-order valence-electron chi connectivity index (χ4n) is 1.03. The lowest BCUT2D eigenvalue weighted by molar-refractivity contribution is -0.144. The molecule has 0 saturated carbocycles. The minimum atomic E-state index is -0.182. The van der Waals surface area contributed by atoms with Gasteiger partial charge in [-0.15, -0.1) is 0 Å². The molecule has 0 aromatic heterocycles. The Labute approximate surface area is 116 Å². The normalized spacial score (nSPS) is 9.26. The van der Waals surface area contributed by atoms with Crippen LogP contribution in [-0.2, 0) is 19.1 Å². The van der Waals surface area contributed by atoms with E-state index in [0.717, 1.165) is 25.7 Å². The van der Waals surface area contributed by atoms with Crippen LogP contribution in [0.5, 0.6) is 0 Å². The summed E-state index contributed by atoms with van der Waals surface area (Å²) >= 11 is 0. The number of hydrogen-bond acceptors (Lipinski definition) is 5. The summed E-state index contributed by atoms with van der Waals surface area (Å²) < 4.78 is 9.46. The van der Waals surface area contributed by atoms with E-state index in [0.29, 0.717) is 26.1 Å². The molecule has 1 N–H and O–H groups in total. The van der Waals surface area contributed by atoms with Gasteiger partial charge in [0, 0.05) is 20.0 Å². The first-order valence-electron chi connectivity index (χ1n) is 6.98. The zero-order valence-electron chi connectivity index (χ0n) is 12.4. The molecule has 0 atom stereocenters. The number of aliphatic hydroxyl groups excluding tert-OH is 1. The first kappa shape index (κ1) is 20.2. The second kappa shape index (κ2) is 16.9. The van der Waals surface area contributed by atoms with Gasteiger partial charge in [-0.2, -0.15) is 0 Å². The molecule has 0 aliphatic rings.